The summed E-state index contributed by atoms with van der Waals surface area (Å²) in [5.41, 5.74) is 0. The van der Waals surface area contributed by atoms with Gasteiger partial charge >= 0.3 is 0 Å². The maximum atomic E-state index is 11.7. The van der Waals surface area contributed by atoms with Gasteiger partial charge in [-0.1, -0.05) is 6.42 Å². The summed E-state index contributed by atoms with van der Waals surface area (Å²) in [6, 6.07) is 3.55. The van der Waals surface area contributed by atoms with E-state index in [2.05, 4.69) is 0 Å². The molecule has 1 aromatic heterocycles. The summed E-state index contributed by atoms with van der Waals surface area (Å²) in [6.07, 6.45) is 3.19. The first-order valence-electron chi connectivity index (χ1n) is 4.93. The van der Waals surface area contributed by atoms with Gasteiger partial charge in [-0.2, -0.15) is 0 Å². The lowest BCUT2D eigenvalue weighted by Crippen LogP contribution is -2.21. The van der Waals surface area contributed by atoms with Crippen molar-refractivity contribution in [2.24, 2.45) is 5.92 Å². The number of ether oxygens (including phenoxy) is 1. The van der Waals surface area contributed by atoms with E-state index in [1.807, 2.05) is 0 Å². The minimum Gasteiger partial charge on any atom is -0.456 e. The van der Waals surface area contributed by atoms with E-state index in [-0.39, 0.29) is 11.7 Å². The number of methoxy groups -OCH3 is 1. The van der Waals surface area contributed by atoms with Gasteiger partial charge in [0.1, 0.15) is 12.4 Å². The molecule has 0 radical (unpaired) electrons. The number of hydrogen-bond donors (Lipinski definition) is 0. The monoisotopic (exact) mass is 194 g/mol. The van der Waals surface area contributed by atoms with Gasteiger partial charge in [0.05, 0.1) is 0 Å². The van der Waals surface area contributed by atoms with Crippen LogP contribution in [0.2, 0.25) is 0 Å². The summed E-state index contributed by atoms with van der Waals surface area (Å²) < 4.78 is 10.3. The van der Waals surface area contributed by atoms with Crippen molar-refractivity contribution < 1.29 is 13.9 Å². The number of hydrogen-bond acceptors (Lipinski definition) is 3. The van der Waals surface area contributed by atoms with Crippen molar-refractivity contribution in [3.8, 4) is 0 Å². The number of rotatable bonds is 4. The molecule has 0 bridgehead atoms. The van der Waals surface area contributed by atoms with Crippen LogP contribution in [0.5, 0.6) is 0 Å². The molecule has 0 aliphatic heterocycles. The highest BCUT2D eigenvalue weighted by molar-refractivity contribution is 5.95. The Morgan fingerprint density at radius 2 is 2.36 bits per heavy atom. The third kappa shape index (κ3) is 1.73. The number of carbonyl (C=O) groups excluding carboxylic acids is 1. The molecule has 0 unspecified atom stereocenters. The van der Waals surface area contributed by atoms with Gasteiger partial charge in [0.25, 0.3) is 0 Å². The van der Waals surface area contributed by atoms with Gasteiger partial charge in [-0.15, -0.1) is 0 Å². The van der Waals surface area contributed by atoms with E-state index in [0.29, 0.717) is 12.4 Å². The lowest BCUT2D eigenvalue weighted by Gasteiger charge is -2.22. The largest absolute Gasteiger partial charge is 0.456 e. The first-order chi connectivity index (χ1) is 6.81. The fourth-order valence-corrected chi connectivity index (χ4v) is 1.60. The van der Waals surface area contributed by atoms with E-state index in [9.17, 15) is 4.79 Å². The average molecular weight is 194 g/mol. The van der Waals surface area contributed by atoms with Crippen molar-refractivity contribution in [3.63, 3.8) is 0 Å². The van der Waals surface area contributed by atoms with Gasteiger partial charge in [-0.25, -0.2) is 0 Å². The van der Waals surface area contributed by atoms with E-state index < -0.39 is 0 Å². The molecular weight excluding hydrogens is 180 g/mol. The highest BCUT2D eigenvalue weighted by Gasteiger charge is 2.28. The maximum absolute atomic E-state index is 11.7. The molecule has 1 heterocycles. The van der Waals surface area contributed by atoms with Gasteiger partial charge < -0.3 is 9.15 Å². The first-order valence-corrected chi connectivity index (χ1v) is 4.93. The molecule has 1 aliphatic carbocycles. The van der Waals surface area contributed by atoms with Crippen molar-refractivity contribution >= 4 is 5.78 Å². The minimum atomic E-state index is 0.151. The topological polar surface area (TPSA) is 39.4 Å². The molecule has 0 atom stereocenters. The summed E-state index contributed by atoms with van der Waals surface area (Å²) in [6.45, 7) is 0.429. The highest BCUT2D eigenvalue weighted by Crippen LogP contribution is 2.30. The standard InChI is InChI=1S/C11H14O3/c1-13-7-9-5-6-10(14-9)11(12)8-3-2-4-8/h5-6,8H,2-4,7H2,1H3. The second kappa shape index (κ2) is 3.96. The maximum Gasteiger partial charge on any atom is 0.201 e. The molecule has 1 fully saturated rings. The SMILES string of the molecule is COCc1ccc(C(=O)C2CCC2)o1. The summed E-state index contributed by atoms with van der Waals surface area (Å²) >= 11 is 0. The van der Waals surface area contributed by atoms with E-state index in [1.54, 1.807) is 19.2 Å². The van der Waals surface area contributed by atoms with Gasteiger partial charge in [-0.3, -0.25) is 4.79 Å². The van der Waals surface area contributed by atoms with Crippen LogP contribution >= 0.6 is 0 Å². The molecule has 0 spiro atoms. The van der Waals surface area contributed by atoms with Crippen LogP contribution in [-0.4, -0.2) is 12.9 Å². The molecule has 3 heteroatoms. The van der Waals surface area contributed by atoms with E-state index >= 15 is 0 Å². The Hall–Kier alpha value is -1.09. The Kier molecular flexibility index (Phi) is 2.68. The number of Topliss-reactive ketones (excluding diaryl/α,β-unsaturated/α-hetero) is 1. The predicted molar refractivity (Wildman–Crippen MR) is 51.1 cm³/mol. The summed E-state index contributed by atoms with van der Waals surface area (Å²) in [5, 5.41) is 0. The summed E-state index contributed by atoms with van der Waals surface area (Å²) in [5.74, 6) is 1.56. The normalized spacial score (nSPS) is 16.6. The quantitative estimate of drug-likeness (QED) is 0.691. The predicted octanol–water partition coefficient (Wildman–Crippen LogP) is 2.41. The molecule has 2 rings (SSSR count). The second-order valence-electron chi connectivity index (χ2n) is 3.69. The van der Waals surface area contributed by atoms with Crippen molar-refractivity contribution in [2.45, 2.75) is 25.9 Å². The molecule has 0 amide bonds. The highest BCUT2D eigenvalue weighted by atomic mass is 16.5. The van der Waals surface area contributed by atoms with E-state index in [4.69, 9.17) is 9.15 Å². The van der Waals surface area contributed by atoms with Gasteiger partial charge in [0, 0.05) is 13.0 Å². The van der Waals surface area contributed by atoms with Crippen LogP contribution in [0.25, 0.3) is 0 Å². The van der Waals surface area contributed by atoms with Crippen LogP contribution in [0.3, 0.4) is 0 Å². The number of carbonyl (C=O) groups is 1. The molecule has 1 aliphatic rings. The van der Waals surface area contributed by atoms with E-state index in [0.717, 1.165) is 18.6 Å². The van der Waals surface area contributed by atoms with Crippen LogP contribution in [-0.2, 0) is 11.3 Å². The Labute approximate surface area is 83.0 Å². The van der Waals surface area contributed by atoms with Crippen LogP contribution in [0.1, 0.15) is 35.6 Å². The minimum absolute atomic E-state index is 0.151. The zero-order chi connectivity index (χ0) is 9.97. The van der Waals surface area contributed by atoms with E-state index in [1.165, 1.54) is 6.42 Å². The van der Waals surface area contributed by atoms with Crippen molar-refractivity contribution in [1.29, 1.82) is 0 Å². The van der Waals surface area contributed by atoms with Gasteiger partial charge in [0.2, 0.25) is 5.78 Å². The third-order valence-corrected chi connectivity index (χ3v) is 2.67. The molecule has 0 aromatic carbocycles. The molecule has 1 aromatic rings. The van der Waals surface area contributed by atoms with Crippen molar-refractivity contribution in [2.75, 3.05) is 7.11 Å². The average Bonchev–Trinajstić information content (AvgIpc) is 2.50. The van der Waals surface area contributed by atoms with Crippen LogP contribution < -0.4 is 0 Å². The third-order valence-electron chi connectivity index (χ3n) is 2.67. The molecule has 0 N–H and O–H groups in total. The van der Waals surface area contributed by atoms with Crippen molar-refractivity contribution in [1.82, 2.24) is 0 Å². The van der Waals surface area contributed by atoms with Gasteiger partial charge in [0.15, 0.2) is 5.76 Å². The van der Waals surface area contributed by atoms with Gasteiger partial charge in [-0.05, 0) is 25.0 Å². The smallest absolute Gasteiger partial charge is 0.201 e. The Morgan fingerprint density at radius 3 is 2.93 bits per heavy atom. The Balaban J connectivity index is 2.04. The van der Waals surface area contributed by atoms with Crippen LogP contribution in [0.15, 0.2) is 16.5 Å². The summed E-state index contributed by atoms with van der Waals surface area (Å²) in [7, 11) is 1.61. The second-order valence-corrected chi connectivity index (χ2v) is 3.69. The Morgan fingerprint density at radius 1 is 1.57 bits per heavy atom. The zero-order valence-corrected chi connectivity index (χ0v) is 8.29. The number of furan rings is 1. The lowest BCUT2D eigenvalue weighted by molar-refractivity contribution is 0.0817. The molecule has 0 saturated heterocycles. The number of ketones is 1. The lowest BCUT2D eigenvalue weighted by atomic mass is 9.81. The van der Waals surface area contributed by atoms with Crippen molar-refractivity contribution in [3.05, 3.63) is 23.7 Å². The van der Waals surface area contributed by atoms with Crippen LogP contribution in [0.4, 0.5) is 0 Å². The molecule has 76 valence electrons. The Bertz CT molecular complexity index is 323. The molecule has 3 nitrogen and oxygen atoms in total. The van der Waals surface area contributed by atoms with Crippen LogP contribution in [0, 0.1) is 5.92 Å². The molecule has 1 saturated carbocycles. The fraction of sp³-hybridized carbons (Fsp3) is 0.545. The first kappa shape index (κ1) is 9.46. The summed E-state index contributed by atoms with van der Waals surface area (Å²) in [4.78, 5) is 11.7. The fourth-order valence-electron chi connectivity index (χ4n) is 1.60. The molecule has 14 heavy (non-hydrogen) atoms. The zero-order valence-electron chi connectivity index (χ0n) is 8.29. The molecular formula is C11H14O3.